The van der Waals surface area contributed by atoms with Gasteiger partial charge in [0, 0.05) is 5.02 Å². The molecule has 3 rings (SSSR count). The molecule has 2 aliphatic rings. The lowest BCUT2D eigenvalue weighted by atomic mass is 9.87. The van der Waals surface area contributed by atoms with Crippen molar-refractivity contribution in [2.45, 2.75) is 11.7 Å². The van der Waals surface area contributed by atoms with E-state index in [9.17, 15) is 18.0 Å². The molecule has 0 aromatic heterocycles. The highest BCUT2D eigenvalue weighted by atomic mass is 35.5. The number of halogens is 4. The van der Waals surface area contributed by atoms with E-state index in [1.54, 1.807) is 0 Å². The fraction of sp³-hybridized carbons (Fsp3) is 0.462. The highest BCUT2D eigenvalue weighted by Gasteiger charge is 2.72. The molecule has 1 saturated heterocycles. The summed E-state index contributed by atoms with van der Waals surface area (Å²) in [6, 6.07) is 4.09. The van der Waals surface area contributed by atoms with Gasteiger partial charge in [0.15, 0.2) is 0 Å². The van der Waals surface area contributed by atoms with Crippen LogP contribution in [0.3, 0.4) is 0 Å². The molecule has 1 aromatic carbocycles. The van der Waals surface area contributed by atoms with Crippen molar-refractivity contribution < 1.29 is 28.2 Å². The van der Waals surface area contributed by atoms with E-state index >= 15 is 0 Å². The van der Waals surface area contributed by atoms with E-state index in [0.29, 0.717) is 18.1 Å². The monoisotopic (exact) mass is 321 g/mol. The number of alkyl halides is 3. The number of quaternary nitrogens is 2. The number of hydrogen-bond donors (Lipinski definition) is 3. The molecule has 0 spiro atoms. The Labute approximate surface area is 124 Å². The van der Waals surface area contributed by atoms with Gasteiger partial charge in [0.25, 0.3) is 0 Å². The van der Waals surface area contributed by atoms with Crippen LogP contribution in [0.4, 0.5) is 18.9 Å². The lowest BCUT2D eigenvalue weighted by Gasteiger charge is -2.38. The zero-order valence-electron chi connectivity index (χ0n) is 11.1. The maximum atomic E-state index is 13.9. The van der Waals surface area contributed by atoms with Crippen molar-refractivity contribution in [3.05, 3.63) is 28.8 Å². The second kappa shape index (κ2) is 4.86. The van der Waals surface area contributed by atoms with E-state index in [1.807, 2.05) is 5.32 Å². The predicted molar refractivity (Wildman–Crippen MR) is 70.2 cm³/mol. The van der Waals surface area contributed by atoms with Crippen LogP contribution in [0.1, 0.15) is 5.56 Å². The van der Waals surface area contributed by atoms with Gasteiger partial charge in [-0.2, -0.15) is 13.2 Å². The van der Waals surface area contributed by atoms with E-state index < -0.39 is 17.6 Å². The van der Waals surface area contributed by atoms with Gasteiger partial charge >= 0.3 is 17.6 Å². The van der Waals surface area contributed by atoms with Crippen molar-refractivity contribution in [1.29, 1.82) is 0 Å². The van der Waals surface area contributed by atoms with Crippen LogP contribution in [0.15, 0.2) is 18.2 Å². The van der Waals surface area contributed by atoms with Gasteiger partial charge in [0.1, 0.15) is 26.2 Å². The Hall–Kier alpha value is -1.31. The molecule has 1 aromatic rings. The standard InChI is InChI=1S/C13H13ClF3N3O/c14-8-1-2-9-10(7-8)19-11(21)12(9,13(15,16)17)20-5-3-18-4-6-20/h1-2,7,18H,3-6H2,(H,19,21)/p+2/t12-/m1/s1. The van der Waals surface area contributed by atoms with Crippen LogP contribution in [0, 0.1) is 0 Å². The molecular formula is C13H15ClF3N3O+2. The molecule has 0 bridgehead atoms. The summed E-state index contributed by atoms with van der Waals surface area (Å²) in [5, 5.41) is 4.62. The zero-order chi connectivity index (χ0) is 15.3. The van der Waals surface area contributed by atoms with E-state index in [2.05, 4.69) is 5.32 Å². The second-order valence-corrected chi connectivity index (χ2v) is 5.80. The predicted octanol–water partition coefficient (Wildman–Crippen LogP) is -0.488. The number of carbonyl (C=O) groups excluding carboxylic acids is 1. The molecule has 1 atom stereocenters. The molecule has 2 aliphatic heterocycles. The van der Waals surface area contributed by atoms with Crippen molar-refractivity contribution in [3.8, 4) is 0 Å². The smallest absolute Gasteiger partial charge is 0.337 e. The number of carbonyl (C=O) groups is 1. The van der Waals surface area contributed by atoms with Crippen LogP contribution >= 0.6 is 11.6 Å². The van der Waals surface area contributed by atoms with Crippen molar-refractivity contribution in [2.75, 3.05) is 31.5 Å². The Bertz CT molecular complexity index is 587. The van der Waals surface area contributed by atoms with Gasteiger partial charge in [-0.15, -0.1) is 0 Å². The van der Waals surface area contributed by atoms with Gasteiger partial charge < -0.3 is 15.5 Å². The minimum atomic E-state index is -4.66. The van der Waals surface area contributed by atoms with Gasteiger partial charge in [0.05, 0.1) is 11.3 Å². The van der Waals surface area contributed by atoms with Crippen molar-refractivity contribution in [3.63, 3.8) is 0 Å². The molecule has 0 unspecified atom stereocenters. The highest BCUT2D eigenvalue weighted by Crippen LogP contribution is 2.45. The van der Waals surface area contributed by atoms with Crippen molar-refractivity contribution >= 4 is 23.2 Å². The number of anilines is 1. The van der Waals surface area contributed by atoms with Gasteiger partial charge in [-0.3, -0.25) is 4.79 Å². The zero-order valence-corrected chi connectivity index (χ0v) is 11.8. The third-order valence-electron chi connectivity index (χ3n) is 4.23. The normalized spacial score (nSPS) is 26.6. The molecule has 8 heteroatoms. The first kappa shape index (κ1) is 14.6. The summed E-state index contributed by atoms with van der Waals surface area (Å²) >= 11 is 5.82. The highest BCUT2D eigenvalue weighted by molar-refractivity contribution is 6.31. The van der Waals surface area contributed by atoms with E-state index in [-0.39, 0.29) is 29.2 Å². The van der Waals surface area contributed by atoms with Crippen molar-refractivity contribution in [1.82, 2.24) is 0 Å². The average molecular weight is 322 g/mol. The summed E-state index contributed by atoms with van der Waals surface area (Å²) in [7, 11) is 0. The molecular weight excluding hydrogens is 307 g/mol. The average Bonchev–Trinajstić information content (AvgIpc) is 2.71. The number of hydrogen-bond acceptors (Lipinski definition) is 1. The van der Waals surface area contributed by atoms with Crippen LogP contribution in [0.5, 0.6) is 0 Å². The number of fused-ring (bicyclic) bond motifs is 1. The Morgan fingerprint density at radius 3 is 2.57 bits per heavy atom. The molecule has 114 valence electrons. The van der Waals surface area contributed by atoms with Gasteiger partial charge in [-0.05, 0) is 18.2 Å². The van der Waals surface area contributed by atoms with Crippen LogP contribution < -0.4 is 15.5 Å². The fourth-order valence-electron chi connectivity index (χ4n) is 3.32. The van der Waals surface area contributed by atoms with Gasteiger partial charge in [-0.1, -0.05) is 11.6 Å². The minimum absolute atomic E-state index is 0.0266. The second-order valence-electron chi connectivity index (χ2n) is 5.36. The molecule has 21 heavy (non-hydrogen) atoms. The van der Waals surface area contributed by atoms with Crippen LogP contribution in [-0.4, -0.2) is 38.3 Å². The number of piperazine rings is 1. The first-order valence-electron chi connectivity index (χ1n) is 6.72. The molecule has 4 nitrogen and oxygen atoms in total. The lowest BCUT2D eigenvalue weighted by molar-refractivity contribution is -0.997. The SMILES string of the molecule is O=C1Nc2cc(Cl)ccc2[C@]1([NH+]1CC[NH2+]CC1)C(F)(F)F. The Kier molecular flexibility index (Phi) is 3.38. The maximum Gasteiger partial charge on any atom is 0.459 e. The summed E-state index contributed by atoms with van der Waals surface area (Å²) in [5.74, 6) is -1.01. The lowest BCUT2D eigenvalue weighted by Crippen LogP contribution is -3.27. The minimum Gasteiger partial charge on any atom is -0.337 e. The van der Waals surface area contributed by atoms with E-state index in [4.69, 9.17) is 11.6 Å². The summed E-state index contributed by atoms with van der Waals surface area (Å²) in [6.45, 7) is 1.72. The number of nitrogens with one attached hydrogen (secondary N) is 2. The number of nitrogens with two attached hydrogens (primary N) is 1. The number of benzene rings is 1. The van der Waals surface area contributed by atoms with Crippen LogP contribution in [0.25, 0.3) is 0 Å². The molecule has 0 aliphatic carbocycles. The topological polar surface area (TPSA) is 50.1 Å². The van der Waals surface area contributed by atoms with Crippen LogP contribution in [-0.2, 0) is 10.3 Å². The first-order chi connectivity index (χ1) is 9.87. The van der Waals surface area contributed by atoms with Gasteiger partial charge in [0.2, 0.25) is 0 Å². The molecule has 4 N–H and O–H groups in total. The fourth-order valence-corrected chi connectivity index (χ4v) is 3.49. The van der Waals surface area contributed by atoms with Crippen LogP contribution in [0.2, 0.25) is 5.02 Å². The largest absolute Gasteiger partial charge is 0.459 e. The number of amides is 1. The van der Waals surface area contributed by atoms with E-state index in [0.717, 1.165) is 0 Å². The first-order valence-corrected chi connectivity index (χ1v) is 7.10. The Balaban J connectivity index is 2.19. The Morgan fingerprint density at radius 2 is 1.95 bits per heavy atom. The molecule has 1 fully saturated rings. The summed E-state index contributed by atoms with van der Waals surface area (Å²) < 4.78 is 41.7. The third-order valence-corrected chi connectivity index (χ3v) is 4.47. The molecule has 0 radical (unpaired) electrons. The maximum absolute atomic E-state index is 13.9. The third kappa shape index (κ3) is 2.03. The molecule has 2 heterocycles. The van der Waals surface area contributed by atoms with Crippen molar-refractivity contribution in [2.24, 2.45) is 0 Å². The quantitative estimate of drug-likeness (QED) is 0.642. The number of rotatable bonds is 1. The summed E-state index contributed by atoms with van der Waals surface area (Å²) in [4.78, 5) is 12.6. The Morgan fingerprint density at radius 1 is 1.29 bits per heavy atom. The molecule has 0 saturated carbocycles. The van der Waals surface area contributed by atoms with Gasteiger partial charge in [-0.25, -0.2) is 0 Å². The molecule has 1 amide bonds. The summed E-state index contributed by atoms with van der Waals surface area (Å²) in [5.41, 5.74) is -2.39. The summed E-state index contributed by atoms with van der Waals surface area (Å²) in [6.07, 6.45) is -4.66. The van der Waals surface area contributed by atoms with E-state index in [1.165, 1.54) is 18.2 Å².